The summed E-state index contributed by atoms with van der Waals surface area (Å²) in [5.74, 6) is -0.123. The smallest absolute Gasteiger partial charge is 0.251 e. The molecule has 0 heterocycles. The quantitative estimate of drug-likeness (QED) is 0.565. The molecule has 0 aromatic heterocycles. The maximum absolute atomic E-state index is 10.9. The van der Waals surface area contributed by atoms with Gasteiger partial charge in [-0.25, -0.2) is 0 Å². The Morgan fingerprint density at radius 3 is 0.806 bits per heavy atom. The second-order valence-electron chi connectivity index (χ2n) is 5.84. The molecule has 3 aromatic rings. The van der Waals surface area contributed by atoms with Crippen LogP contribution in [-0.2, 0) is 17.4 Å². The Labute approximate surface area is 194 Å². The molecular formula is C24H27CrN3O3. The van der Waals surface area contributed by atoms with Crippen molar-refractivity contribution in [1.29, 1.82) is 0 Å². The number of benzene rings is 3. The third-order valence-corrected chi connectivity index (χ3v) is 3.79. The molecule has 0 saturated heterocycles. The fraction of sp³-hybridized carbons (Fsp3) is 0.125. The van der Waals surface area contributed by atoms with Gasteiger partial charge in [-0.1, -0.05) is 54.6 Å². The van der Waals surface area contributed by atoms with E-state index < -0.39 is 0 Å². The maximum Gasteiger partial charge on any atom is 0.251 e. The van der Waals surface area contributed by atoms with E-state index in [1.807, 2.05) is 54.6 Å². The molecule has 0 fully saturated rings. The molecule has 0 unspecified atom stereocenters. The SMILES string of the molecule is CNC(=O)c1ccccc1.CNC(=O)c1ccccc1.CNC(=O)c1ccccc1.[Cr]. The largest absolute Gasteiger partial charge is 0.355 e. The third-order valence-electron chi connectivity index (χ3n) is 3.79. The van der Waals surface area contributed by atoms with E-state index in [0.717, 1.165) is 0 Å². The van der Waals surface area contributed by atoms with Gasteiger partial charge >= 0.3 is 0 Å². The number of hydrogen-bond donors (Lipinski definition) is 3. The van der Waals surface area contributed by atoms with Crippen LogP contribution in [0.25, 0.3) is 0 Å². The molecule has 0 spiro atoms. The summed E-state index contributed by atoms with van der Waals surface area (Å²) in [5.41, 5.74) is 2.10. The zero-order chi connectivity index (χ0) is 22.2. The van der Waals surface area contributed by atoms with Gasteiger partial charge in [-0.2, -0.15) is 0 Å². The Kier molecular flexibility index (Phi) is 14.6. The number of amides is 3. The van der Waals surface area contributed by atoms with Crippen molar-refractivity contribution in [2.45, 2.75) is 0 Å². The van der Waals surface area contributed by atoms with E-state index in [9.17, 15) is 14.4 Å². The van der Waals surface area contributed by atoms with Gasteiger partial charge in [0.2, 0.25) is 0 Å². The Hall–Kier alpha value is -3.40. The van der Waals surface area contributed by atoms with Crippen molar-refractivity contribution < 1.29 is 31.7 Å². The van der Waals surface area contributed by atoms with Crippen LogP contribution in [0.4, 0.5) is 0 Å². The maximum atomic E-state index is 10.9. The van der Waals surface area contributed by atoms with Gasteiger partial charge < -0.3 is 16.0 Å². The topological polar surface area (TPSA) is 87.3 Å². The van der Waals surface area contributed by atoms with E-state index in [4.69, 9.17) is 0 Å². The van der Waals surface area contributed by atoms with Crippen LogP contribution in [0.3, 0.4) is 0 Å². The number of rotatable bonds is 3. The standard InChI is InChI=1S/3C8H9NO.Cr/c3*1-9-8(10)7-5-3-2-4-6-7;/h3*2-6H,1H3,(H,9,10);. The zero-order valence-electron chi connectivity index (χ0n) is 17.8. The van der Waals surface area contributed by atoms with Gasteiger partial charge in [-0.05, 0) is 36.4 Å². The molecule has 0 aliphatic heterocycles. The molecule has 0 bridgehead atoms. The number of carbonyl (C=O) groups excluding carboxylic acids is 3. The van der Waals surface area contributed by atoms with Gasteiger partial charge in [-0.3, -0.25) is 14.4 Å². The fourth-order valence-corrected chi connectivity index (χ4v) is 2.20. The first-order valence-corrected chi connectivity index (χ1v) is 9.34. The monoisotopic (exact) mass is 457 g/mol. The van der Waals surface area contributed by atoms with Crippen molar-refractivity contribution in [3.8, 4) is 0 Å². The summed E-state index contributed by atoms with van der Waals surface area (Å²) in [6, 6.07) is 27.3. The minimum atomic E-state index is -0.0411. The fourth-order valence-electron chi connectivity index (χ4n) is 2.20. The normalized spacial score (nSPS) is 8.61. The van der Waals surface area contributed by atoms with Crippen LogP contribution in [-0.4, -0.2) is 38.9 Å². The number of hydrogen-bond acceptors (Lipinski definition) is 3. The predicted molar refractivity (Wildman–Crippen MR) is 119 cm³/mol. The van der Waals surface area contributed by atoms with E-state index in [-0.39, 0.29) is 35.1 Å². The minimum Gasteiger partial charge on any atom is -0.355 e. The molecule has 0 aliphatic carbocycles. The first-order chi connectivity index (χ1) is 14.5. The van der Waals surface area contributed by atoms with Gasteiger partial charge in [0, 0.05) is 55.2 Å². The molecule has 3 N–H and O–H groups in total. The molecule has 3 aromatic carbocycles. The molecule has 31 heavy (non-hydrogen) atoms. The van der Waals surface area contributed by atoms with Gasteiger partial charge in [0.15, 0.2) is 0 Å². The van der Waals surface area contributed by atoms with E-state index >= 15 is 0 Å². The van der Waals surface area contributed by atoms with Crippen LogP contribution in [0.2, 0.25) is 0 Å². The summed E-state index contributed by atoms with van der Waals surface area (Å²) >= 11 is 0. The molecule has 0 radical (unpaired) electrons. The summed E-state index contributed by atoms with van der Waals surface area (Å²) < 4.78 is 0. The van der Waals surface area contributed by atoms with Crippen LogP contribution in [0.1, 0.15) is 31.1 Å². The molecule has 3 rings (SSSR count). The Balaban J connectivity index is 0.000000429. The van der Waals surface area contributed by atoms with Crippen LogP contribution >= 0.6 is 0 Å². The van der Waals surface area contributed by atoms with E-state index in [2.05, 4.69) is 16.0 Å². The Morgan fingerprint density at radius 1 is 0.452 bits per heavy atom. The van der Waals surface area contributed by atoms with Crippen LogP contribution in [0, 0.1) is 0 Å². The molecule has 0 atom stereocenters. The minimum absolute atomic E-state index is 0. The van der Waals surface area contributed by atoms with Crippen molar-refractivity contribution >= 4 is 17.7 Å². The van der Waals surface area contributed by atoms with Crippen LogP contribution in [0.5, 0.6) is 0 Å². The summed E-state index contributed by atoms with van der Waals surface area (Å²) in [4.78, 5) is 32.7. The molecule has 3 amide bonds. The zero-order valence-corrected chi connectivity index (χ0v) is 19.1. The molecule has 162 valence electrons. The first-order valence-electron chi connectivity index (χ1n) is 9.34. The summed E-state index contributed by atoms with van der Waals surface area (Å²) in [6.07, 6.45) is 0. The molecular weight excluding hydrogens is 430 g/mol. The predicted octanol–water partition coefficient (Wildman–Crippen LogP) is 3.14. The molecule has 0 saturated carbocycles. The van der Waals surface area contributed by atoms with Gasteiger partial charge in [0.1, 0.15) is 0 Å². The van der Waals surface area contributed by atoms with Crippen molar-refractivity contribution in [2.24, 2.45) is 0 Å². The second-order valence-corrected chi connectivity index (χ2v) is 5.84. The summed E-state index contributed by atoms with van der Waals surface area (Å²) in [5, 5.41) is 7.63. The third kappa shape index (κ3) is 10.8. The van der Waals surface area contributed by atoms with E-state index in [1.54, 1.807) is 57.5 Å². The van der Waals surface area contributed by atoms with E-state index in [0.29, 0.717) is 16.7 Å². The van der Waals surface area contributed by atoms with Crippen molar-refractivity contribution in [3.05, 3.63) is 108 Å². The van der Waals surface area contributed by atoms with Gasteiger partial charge in [0.25, 0.3) is 17.7 Å². The summed E-state index contributed by atoms with van der Waals surface area (Å²) in [7, 11) is 4.86. The molecule has 6 nitrogen and oxygen atoms in total. The van der Waals surface area contributed by atoms with E-state index in [1.165, 1.54) is 0 Å². The first kappa shape index (κ1) is 27.6. The molecule has 7 heteroatoms. The van der Waals surface area contributed by atoms with Crippen LogP contribution < -0.4 is 16.0 Å². The second kappa shape index (κ2) is 16.4. The van der Waals surface area contributed by atoms with Crippen molar-refractivity contribution in [1.82, 2.24) is 16.0 Å². The van der Waals surface area contributed by atoms with Gasteiger partial charge in [0.05, 0.1) is 0 Å². The van der Waals surface area contributed by atoms with Crippen LogP contribution in [0.15, 0.2) is 91.0 Å². The van der Waals surface area contributed by atoms with Crippen molar-refractivity contribution in [2.75, 3.05) is 21.1 Å². The average Bonchev–Trinajstić information content (AvgIpc) is 2.85. The van der Waals surface area contributed by atoms with Gasteiger partial charge in [-0.15, -0.1) is 0 Å². The average molecular weight is 457 g/mol. The summed E-state index contributed by atoms with van der Waals surface area (Å²) in [6.45, 7) is 0. The number of nitrogens with one attached hydrogen (secondary N) is 3. The Morgan fingerprint density at radius 2 is 0.645 bits per heavy atom. The van der Waals surface area contributed by atoms with Crippen molar-refractivity contribution in [3.63, 3.8) is 0 Å². The Bertz CT molecular complexity index is 783. The number of carbonyl (C=O) groups is 3. The molecule has 0 aliphatic rings.